The molecule has 1 rings (SSSR count). The third-order valence-electron chi connectivity index (χ3n) is 1.46. The Bertz CT molecular complexity index is 185. The summed E-state index contributed by atoms with van der Waals surface area (Å²) in [6, 6.07) is 0.137. The fourth-order valence-electron chi connectivity index (χ4n) is 0.799. The van der Waals surface area contributed by atoms with Gasteiger partial charge in [-0.3, -0.25) is 4.99 Å². The summed E-state index contributed by atoms with van der Waals surface area (Å²) in [4.78, 5) is 4.29. The number of rotatable bonds is 1. The van der Waals surface area contributed by atoms with Crippen molar-refractivity contribution in [3.63, 3.8) is 0 Å². The minimum Gasteiger partial charge on any atom is -0.349 e. The zero-order chi connectivity index (χ0) is 9.56. The molecule has 1 unspecified atom stereocenters. The highest BCUT2D eigenvalue weighted by atomic mass is 35.5. The molecule has 1 N–H and O–H groups in total. The zero-order valence-electron chi connectivity index (χ0n) is 8.19. The lowest BCUT2D eigenvalue weighted by molar-refractivity contribution is 0.852. The average molecular weight is 189 g/mol. The van der Waals surface area contributed by atoms with Gasteiger partial charge in [0.05, 0.1) is 11.1 Å². The lowest BCUT2D eigenvalue weighted by Crippen LogP contribution is -2.24. The molecule has 0 saturated carbocycles. The van der Waals surface area contributed by atoms with E-state index >= 15 is 0 Å². The van der Waals surface area contributed by atoms with Crippen molar-refractivity contribution < 1.29 is 0 Å². The van der Waals surface area contributed by atoms with E-state index in [9.17, 15) is 0 Å². The highest BCUT2D eigenvalue weighted by Crippen LogP contribution is 2.13. The number of hydrogen-bond donors (Lipinski definition) is 1. The predicted molar refractivity (Wildman–Crippen MR) is 55.6 cm³/mol. The maximum atomic E-state index is 5.78. The van der Waals surface area contributed by atoms with Crippen LogP contribution in [-0.2, 0) is 0 Å². The van der Waals surface area contributed by atoms with E-state index in [1.165, 1.54) is 0 Å². The smallest absolute Gasteiger partial charge is 0.101 e. The molecule has 0 aromatic rings. The maximum absolute atomic E-state index is 5.78. The first-order chi connectivity index (χ1) is 5.74. The van der Waals surface area contributed by atoms with E-state index in [1.54, 1.807) is 6.20 Å². The third-order valence-corrected chi connectivity index (χ3v) is 1.89. The van der Waals surface area contributed by atoms with E-state index in [-0.39, 0.29) is 6.04 Å². The van der Waals surface area contributed by atoms with E-state index < -0.39 is 0 Å². The summed E-state index contributed by atoms with van der Waals surface area (Å²) in [5, 5.41) is 3.78. The fraction of sp³-hybridized carbons (Fsp3) is 0.667. The molecule has 1 aliphatic heterocycles. The molecule has 12 heavy (non-hydrogen) atoms. The van der Waals surface area contributed by atoms with Crippen LogP contribution < -0.4 is 5.32 Å². The molecule has 0 amide bonds. The Morgan fingerprint density at radius 1 is 1.58 bits per heavy atom. The first-order valence-corrected chi connectivity index (χ1v) is 4.80. The Balaban J connectivity index is 0.000000561. The largest absolute Gasteiger partial charge is 0.349 e. The van der Waals surface area contributed by atoms with Gasteiger partial charge in [-0.25, -0.2) is 0 Å². The summed E-state index contributed by atoms with van der Waals surface area (Å²) < 4.78 is 0. The number of nitrogens with zero attached hydrogens (tertiary/aromatic N) is 1. The van der Waals surface area contributed by atoms with E-state index in [2.05, 4.69) is 17.2 Å². The molecule has 0 aliphatic carbocycles. The van der Waals surface area contributed by atoms with Crippen molar-refractivity contribution in [2.75, 3.05) is 0 Å². The van der Waals surface area contributed by atoms with Gasteiger partial charge in [-0.15, -0.1) is 0 Å². The van der Waals surface area contributed by atoms with Gasteiger partial charge in [-0.1, -0.05) is 32.4 Å². The van der Waals surface area contributed by atoms with Gasteiger partial charge in [0.1, 0.15) is 5.84 Å². The Morgan fingerprint density at radius 3 is 2.58 bits per heavy atom. The number of aliphatic imine (C=N–C) groups is 1. The maximum Gasteiger partial charge on any atom is 0.101 e. The lowest BCUT2D eigenvalue weighted by Gasteiger charge is -2.14. The molecule has 0 bridgehead atoms. The van der Waals surface area contributed by atoms with Crippen LogP contribution in [0.2, 0.25) is 0 Å². The molecule has 70 valence electrons. The fourth-order valence-corrected chi connectivity index (χ4v) is 0.902. The Hall–Kier alpha value is -0.500. The van der Waals surface area contributed by atoms with Crippen molar-refractivity contribution in [3.05, 3.63) is 11.2 Å². The second-order valence-corrected chi connectivity index (χ2v) is 2.72. The molecule has 0 radical (unpaired) electrons. The second kappa shape index (κ2) is 6.06. The van der Waals surface area contributed by atoms with Gasteiger partial charge in [0, 0.05) is 12.6 Å². The molecule has 3 heteroatoms. The normalized spacial score (nSPS) is 21.2. The van der Waals surface area contributed by atoms with E-state index in [4.69, 9.17) is 11.6 Å². The van der Waals surface area contributed by atoms with E-state index in [0.717, 1.165) is 17.3 Å². The topological polar surface area (TPSA) is 24.4 Å². The molecule has 0 spiro atoms. The van der Waals surface area contributed by atoms with Gasteiger partial charge in [0.2, 0.25) is 0 Å². The zero-order valence-corrected chi connectivity index (χ0v) is 8.94. The molecule has 0 saturated heterocycles. The number of halogens is 1. The van der Waals surface area contributed by atoms with Gasteiger partial charge in [-0.05, 0) is 6.92 Å². The monoisotopic (exact) mass is 188 g/mol. The van der Waals surface area contributed by atoms with Crippen LogP contribution in [0, 0.1) is 0 Å². The SMILES string of the molecule is CC.CCC1=NC(C)C(Cl)=CN1. The van der Waals surface area contributed by atoms with E-state index in [0.29, 0.717) is 0 Å². The predicted octanol–water partition coefficient (Wildman–Crippen LogP) is 2.89. The van der Waals surface area contributed by atoms with Crippen molar-refractivity contribution in [2.45, 2.75) is 40.2 Å². The first kappa shape index (κ1) is 11.5. The lowest BCUT2D eigenvalue weighted by atomic mass is 10.3. The van der Waals surface area contributed by atoms with Gasteiger partial charge in [0.25, 0.3) is 0 Å². The average Bonchev–Trinajstić information content (AvgIpc) is 2.13. The summed E-state index contributed by atoms with van der Waals surface area (Å²) in [5.41, 5.74) is 0. The summed E-state index contributed by atoms with van der Waals surface area (Å²) in [6.07, 6.45) is 2.74. The number of amidine groups is 1. The number of nitrogens with one attached hydrogen (secondary N) is 1. The molecular formula is C9H17ClN2. The van der Waals surface area contributed by atoms with Crippen molar-refractivity contribution in [1.29, 1.82) is 0 Å². The van der Waals surface area contributed by atoms with Gasteiger partial charge < -0.3 is 5.32 Å². The summed E-state index contributed by atoms with van der Waals surface area (Å²) in [6.45, 7) is 8.04. The van der Waals surface area contributed by atoms with Crippen LogP contribution in [0.1, 0.15) is 34.1 Å². The molecule has 0 aromatic carbocycles. The molecule has 0 fully saturated rings. The van der Waals surface area contributed by atoms with Crippen LogP contribution in [-0.4, -0.2) is 11.9 Å². The minimum absolute atomic E-state index is 0.137. The molecule has 1 heterocycles. The van der Waals surface area contributed by atoms with Crippen molar-refractivity contribution in [1.82, 2.24) is 5.32 Å². The van der Waals surface area contributed by atoms with Gasteiger partial charge >= 0.3 is 0 Å². The highest BCUT2D eigenvalue weighted by molar-refractivity contribution is 6.30. The third kappa shape index (κ3) is 3.26. The molecule has 2 nitrogen and oxygen atoms in total. The van der Waals surface area contributed by atoms with Crippen LogP contribution in [0.4, 0.5) is 0 Å². The first-order valence-electron chi connectivity index (χ1n) is 4.42. The van der Waals surface area contributed by atoms with Gasteiger partial charge in [0.15, 0.2) is 0 Å². The van der Waals surface area contributed by atoms with Crippen LogP contribution in [0.25, 0.3) is 0 Å². The van der Waals surface area contributed by atoms with Gasteiger partial charge in [-0.2, -0.15) is 0 Å². The molecular weight excluding hydrogens is 172 g/mol. The van der Waals surface area contributed by atoms with Crippen LogP contribution in [0.5, 0.6) is 0 Å². The standard InChI is InChI=1S/C7H11ClN2.C2H6/c1-3-7-9-4-6(8)5(2)10-7;1-2/h4-5H,3H2,1-2H3,(H,9,10);1-2H3. The molecule has 0 aromatic heterocycles. The van der Waals surface area contributed by atoms with Crippen molar-refractivity contribution in [2.24, 2.45) is 4.99 Å². The Kier molecular flexibility index (Phi) is 5.81. The molecule has 1 atom stereocenters. The Morgan fingerprint density at radius 2 is 2.17 bits per heavy atom. The summed E-state index contributed by atoms with van der Waals surface area (Å²) in [7, 11) is 0. The van der Waals surface area contributed by atoms with Crippen molar-refractivity contribution >= 4 is 17.4 Å². The minimum atomic E-state index is 0.137. The van der Waals surface area contributed by atoms with E-state index in [1.807, 2.05) is 20.8 Å². The van der Waals surface area contributed by atoms with Crippen molar-refractivity contribution in [3.8, 4) is 0 Å². The van der Waals surface area contributed by atoms with Crippen LogP contribution >= 0.6 is 11.6 Å². The van der Waals surface area contributed by atoms with Crippen LogP contribution in [0.3, 0.4) is 0 Å². The number of hydrogen-bond acceptors (Lipinski definition) is 2. The Labute approximate surface area is 79.7 Å². The highest BCUT2D eigenvalue weighted by Gasteiger charge is 2.09. The quantitative estimate of drug-likeness (QED) is 0.673. The summed E-state index contributed by atoms with van der Waals surface area (Å²) >= 11 is 5.78. The van der Waals surface area contributed by atoms with Crippen LogP contribution in [0.15, 0.2) is 16.2 Å². The molecule has 1 aliphatic rings. The second-order valence-electron chi connectivity index (χ2n) is 2.28. The summed E-state index contributed by atoms with van der Waals surface area (Å²) in [5.74, 6) is 1.01.